The molecule has 28 heavy (non-hydrogen) atoms. The SMILES string of the molecule is CCc1nnc(Nc2nc(Oc3ccccc3)nc(Oc3ccccc3)n2)s1. The van der Waals surface area contributed by atoms with Crippen molar-refractivity contribution in [2.75, 3.05) is 5.32 Å². The van der Waals surface area contributed by atoms with E-state index >= 15 is 0 Å². The van der Waals surface area contributed by atoms with E-state index in [1.54, 1.807) is 0 Å². The number of para-hydroxylation sites is 2. The highest BCUT2D eigenvalue weighted by Crippen LogP contribution is 2.25. The molecule has 0 unspecified atom stereocenters. The first kappa shape index (κ1) is 17.8. The molecule has 0 aliphatic heterocycles. The Morgan fingerprint density at radius 2 is 1.36 bits per heavy atom. The predicted octanol–water partition coefficient (Wildman–Crippen LogP) is 4.61. The standard InChI is InChI=1S/C19H16N6O2S/c1-2-15-24-25-19(28-15)22-16-20-17(26-13-9-5-3-6-10-13)23-18(21-16)27-14-11-7-4-8-12-14/h3-12H,2H2,1H3,(H,20,21,22,23,25). The lowest BCUT2D eigenvalue weighted by Crippen LogP contribution is -2.03. The van der Waals surface area contributed by atoms with Crippen LogP contribution in [0.15, 0.2) is 60.7 Å². The molecule has 9 heteroatoms. The molecule has 0 bridgehead atoms. The van der Waals surface area contributed by atoms with Crippen molar-refractivity contribution in [2.24, 2.45) is 0 Å². The minimum atomic E-state index is 0.106. The Balaban J connectivity index is 1.63. The van der Waals surface area contributed by atoms with Crippen LogP contribution in [0.5, 0.6) is 23.5 Å². The van der Waals surface area contributed by atoms with Gasteiger partial charge < -0.3 is 9.47 Å². The molecule has 0 aliphatic rings. The van der Waals surface area contributed by atoms with Gasteiger partial charge in [-0.05, 0) is 30.7 Å². The van der Waals surface area contributed by atoms with Crippen LogP contribution in [0.3, 0.4) is 0 Å². The van der Waals surface area contributed by atoms with E-state index < -0.39 is 0 Å². The summed E-state index contributed by atoms with van der Waals surface area (Å²) in [4.78, 5) is 12.9. The Bertz CT molecular complexity index is 983. The van der Waals surface area contributed by atoms with Crippen LogP contribution in [-0.4, -0.2) is 25.1 Å². The van der Waals surface area contributed by atoms with Gasteiger partial charge in [0.1, 0.15) is 16.5 Å². The van der Waals surface area contributed by atoms with E-state index in [2.05, 4.69) is 30.5 Å². The number of nitrogens with zero attached hydrogens (tertiary/aromatic N) is 5. The van der Waals surface area contributed by atoms with Crippen LogP contribution < -0.4 is 14.8 Å². The second-order valence-corrected chi connectivity index (χ2v) is 6.60. The number of hydrogen-bond donors (Lipinski definition) is 1. The lowest BCUT2D eigenvalue weighted by atomic mass is 10.3. The highest BCUT2D eigenvalue weighted by atomic mass is 32.1. The van der Waals surface area contributed by atoms with Crippen LogP contribution in [0.1, 0.15) is 11.9 Å². The summed E-state index contributed by atoms with van der Waals surface area (Å²) in [5, 5.41) is 12.7. The van der Waals surface area contributed by atoms with Gasteiger partial charge in [-0.2, -0.15) is 9.97 Å². The summed E-state index contributed by atoms with van der Waals surface area (Å²) in [6.45, 7) is 2.02. The third kappa shape index (κ3) is 4.57. The molecule has 0 aliphatic carbocycles. The van der Waals surface area contributed by atoms with E-state index in [1.807, 2.05) is 67.6 Å². The normalized spacial score (nSPS) is 10.5. The van der Waals surface area contributed by atoms with Gasteiger partial charge in [0.15, 0.2) is 0 Å². The Morgan fingerprint density at radius 1 is 0.786 bits per heavy atom. The lowest BCUT2D eigenvalue weighted by Gasteiger charge is -2.09. The van der Waals surface area contributed by atoms with E-state index in [9.17, 15) is 0 Å². The molecule has 0 saturated carbocycles. The molecule has 1 N–H and O–H groups in total. The highest BCUT2D eigenvalue weighted by molar-refractivity contribution is 7.15. The molecule has 0 saturated heterocycles. The van der Waals surface area contributed by atoms with Crippen molar-refractivity contribution in [3.8, 4) is 23.5 Å². The number of ether oxygens (including phenoxy) is 2. The zero-order chi connectivity index (χ0) is 19.2. The molecule has 2 aromatic carbocycles. The molecule has 0 atom stereocenters. The van der Waals surface area contributed by atoms with Gasteiger partial charge in [0.05, 0.1) is 0 Å². The van der Waals surface area contributed by atoms with Crippen molar-refractivity contribution < 1.29 is 9.47 Å². The van der Waals surface area contributed by atoms with Crippen molar-refractivity contribution in [1.29, 1.82) is 0 Å². The molecule has 2 aromatic heterocycles. The monoisotopic (exact) mass is 392 g/mol. The third-order valence-electron chi connectivity index (χ3n) is 3.49. The molecule has 0 spiro atoms. The maximum Gasteiger partial charge on any atom is 0.330 e. The maximum atomic E-state index is 5.75. The number of aromatic nitrogens is 5. The first-order valence-corrected chi connectivity index (χ1v) is 9.41. The molecule has 0 fully saturated rings. The van der Waals surface area contributed by atoms with E-state index in [0.717, 1.165) is 11.4 Å². The van der Waals surface area contributed by atoms with Crippen LogP contribution >= 0.6 is 11.3 Å². The zero-order valence-corrected chi connectivity index (χ0v) is 15.8. The van der Waals surface area contributed by atoms with Gasteiger partial charge in [0.25, 0.3) is 0 Å². The quantitative estimate of drug-likeness (QED) is 0.487. The average molecular weight is 392 g/mol. The predicted molar refractivity (Wildman–Crippen MR) is 105 cm³/mol. The van der Waals surface area contributed by atoms with Gasteiger partial charge in [-0.15, -0.1) is 15.2 Å². The first-order chi connectivity index (χ1) is 13.8. The van der Waals surface area contributed by atoms with Gasteiger partial charge in [-0.1, -0.05) is 54.7 Å². The van der Waals surface area contributed by atoms with Crippen molar-refractivity contribution in [2.45, 2.75) is 13.3 Å². The number of anilines is 2. The maximum absolute atomic E-state index is 5.75. The minimum Gasteiger partial charge on any atom is -0.424 e. The average Bonchev–Trinajstić information content (AvgIpc) is 3.17. The fraction of sp³-hybridized carbons (Fsp3) is 0.105. The Hall–Kier alpha value is -3.59. The molecule has 4 aromatic rings. The minimum absolute atomic E-state index is 0.106. The molecule has 2 heterocycles. The molecular formula is C19H16N6O2S. The summed E-state index contributed by atoms with van der Waals surface area (Å²) in [5.41, 5.74) is 0. The summed E-state index contributed by atoms with van der Waals surface area (Å²) < 4.78 is 11.5. The van der Waals surface area contributed by atoms with Crippen molar-refractivity contribution in [3.05, 3.63) is 65.7 Å². The second-order valence-electron chi connectivity index (χ2n) is 5.53. The Labute approximate surface area is 165 Å². The summed E-state index contributed by atoms with van der Waals surface area (Å²) in [6, 6.07) is 18.7. The summed E-state index contributed by atoms with van der Waals surface area (Å²) in [7, 11) is 0. The topological polar surface area (TPSA) is 94.9 Å². The molecule has 140 valence electrons. The van der Waals surface area contributed by atoms with Crippen LogP contribution in [0, 0.1) is 0 Å². The number of hydrogen-bond acceptors (Lipinski definition) is 9. The van der Waals surface area contributed by atoms with Crippen molar-refractivity contribution in [3.63, 3.8) is 0 Å². The van der Waals surface area contributed by atoms with Crippen LogP contribution in [0.4, 0.5) is 11.1 Å². The number of rotatable bonds is 7. The second kappa shape index (κ2) is 8.40. The summed E-state index contributed by atoms with van der Waals surface area (Å²) in [6.07, 6.45) is 0.807. The highest BCUT2D eigenvalue weighted by Gasteiger charge is 2.13. The van der Waals surface area contributed by atoms with Crippen LogP contribution in [-0.2, 0) is 6.42 Å². The van der Waals surface area contributed by atoms with Gasteiger partial charge in [0, 0.05) is 0 Å². The van der Waals surface area contributed by atoms with Gasteiger partial charge in [-0.25, -0.2) is 0 Å². The van der Waals surface area contributed by atoms with Gasteiger partial charge in [0.2, 0.25) is 11.1 Å². The first-order valence-electron chi connectivity index (χ1n) is 8.60. The van der Waals surface area contributed by atoms with Crippen LogP contribution in [0.25, 0.3) is 0 Å². The van der Waals surface area contributed by atoms with E-state index in [0.29, 0.717) is 16.6 Å². The largest absolute Gasteiger partial charge is 0.424 e. The number of nitrogens with one attached hydrogen (secondary N) is 1. The van der Waals surface area contributed by atoms with Crippen molar-refractivity contribution in [1.82, 2.24) is 25.1 Å². The van der Waals surface area contributed by atoms with E-state index in [4.69, 9.17) is 9.47 Å². The Kier molecular flexibility index (Phi) is 5.34. The molecular weight excluding hydrogens is 376 g/mol. The van der Waals surface area contributed by atoms with Gasteiger partial charge >= 0.3 is 12.0 Å². The fourth-order valence-corrected chi connectivity index (χ4v) is 2.89. The summed E-state index contributed by atoms with van der Waals surface area (Å²) >= 11 is 1.43. The van der Waals surface area contributed by atoms with E-state index in [-0.39, 0.29) is 18.0 Å². The molecule has 0 radical (unpaired) electrons. The third-order valence-corrected chi connectivity index (χ3v) is 4.47. The number of benzene rings is 2. The van der Waals surface area contributed by atoms with Crippen LogP contribution in [0.2, 0.25) is 0 Å². The van der Waals surface area contributed by atoms with E-state index in [1.165, 1.54) is 11.3 Å². The smallest absolute Gasteiger partial charge is 0.330 e. The van der Waals surface area contributed by atoms with Gasteiger partial charge in [-0.3, -0.25) is 5.32 Å². The molecule has 0 amide bonds. The lowest BCUT2D eigenvalue weighted by molar-refractivity contribution is 0.399. The summed E-state index contributed by atoms with van der Waals surface area (Å²) in [5.74, 6) is 1.47. The van der Waals surface area contributed by atoms with Crippen molar-refractivity contribution >= 4 is 22.4 Å². The zero-order valence-electron chi connectivity index (χ0n) is 14.9. The number of aryl methyl sites for hydroxylation is 1. The Morgan fingerprint density at radius 3 is 1.86 bits per heavy atom. The molecule has 8 nitrogen and oxygen atoms in total. The molecule has 4 rings (SSSR count). The fourth-order valence-electron chi connectivity index (χ4n) is 2.22.